The van der Waals surface area contributed by atoms with Gasteiger partial charge in [-0.05, 0) is 6.92 Å². The van der Waals surface area contributed by atoms with E-state index >= 15 is 0 Å². The van der Waals surface area contributed by atoms with Crippen LogP contribution in [0, 0.1) is 0 Å². The molecular formula is C6H13F2NO. The Morgan fingerprint density at radius 1 is 1.50 bits per heavy atom. The Hall–Kier alpha value is -0.220. The van der Waals surface area contributed by atoms with Gasteiger partial charge in [-0.3, -0.25) is 0 Å². The third-order valence-corrected chi connectivity index (χ3v) is 1.13. The molecule has 0 aromatic rings. The van der Waals surface area contributed by atoms with Crippen molar-refractivity contribution in [2.24, 2.45) is 0 Å². The van der Waals surface area contributed by atoms with Crippen LogP contribution in [0.2, 0.25) is 0 Å². The lowest BCUT2D eigenvalue weighted by atomic mass is 10.3. The Labute approximate surface area is 59.2 Å². The molecule has 0 amide bonds. The average molecular weight is 153 g/mol. The molecule has 2 N–H and O–H groups in total. The van der Waals surface area contributed by atoms with Gasteiger partial charge in [0.05, 0.1) is 6.61 Å². The lowest BCUT2D eigenvalue weighted by molar-refractivity contribution is 0.134. The predicted molar refractivity (Wildman–Crippen MR) is 35.2 cm³/mol. The van der Waals surface area contributed by atoms with E-state index in [1.807, 2.05) is 0 Å². The first-order chi connectivity index (χ1) is 4.66. The van der Waals surface area contributed by atoms with E-state index in [9.17, 15) is 8.78 Å². The normalized spacial score (nSPS) is 14.1. The highest BCUT2D eigenvalue weighted by Crippen LogP contribution is 1.96. The fourth-order valence-corrected chi connectivity index (χ4v) is 0.503. The molecule has 0 saturated carbocycles. The number of alkyl halides is 2. The van der Waals surface area contributed by atoms with Crippen molar-refractivity contribution in [2.45, 2.75) is 25.8 Å². The first-order valence-electron chi connectivity index (χ1n) is 3.29. The van der Waals surface area contributed by atoms with E-state index in [4.69, 9.17) is 5.11 Å². The van der Waals surface area contributed by atoms with Gasteiger partial charge in [0.15, 0.2) is 0 Å². The van der Waals surface area contributed by atoms with Crippen LogP contribution in [-0.2, 0) is 0 Å². The van der Waals surface area contributed by atoms with Crippen LogP contribution in [0.4, 0.5) is 8.78 Å². The molecule has 0 spiro atoms. The van der Waals surface area contributed by atoms with Gasteiger partial charge < -0.3 is 10.4 Å². The Balaban J connectivity index is 3.03. The first kappa shape index (κ1) is 9.78. The lowest BCUT2D eigenvalue weighted by Crippen LogP contribution is -2.30. The van der Waals surface area contributed by atoms with Crippen LogP contribution in [0.5, 0.6) is 0 Å². The molecule has 0 rings (SSSR count). The summed E-state index contributed by atoms with van der Waals surface area (Å²) < 4.78 is 23.0. The maximum Gasteiger partial charge on any atom is 0.239 e. The molecule has 0 fully saturated rings. The van der Waals surface area contributed by atoms with Gasteiger partial charge in [-0.1, -0.05) is 0 Å². The number of rotatable bonds is 5. The molecule has 0 heterocycles. The highest BCUT2D eigenvalue weighted by atomic mass is 19.3. The summed E-state index contributed by atoms with van der Waals surface area (Å²) in [4.78, 5) is 0. The number of halogens is 2. The van der Waals surface area contributed by atoms with Crippen molar-refractivity contribution in [1.29, 1.82) is 0 Å². The quantitative estimate of drug-likeness (QED) is 0.606. The minimum absolute atomic E-state index is 0.0107. The molecule has 1 unspecified atom stereocenters. The molecule has 62 valence electrons. The van der Waals surface area contributed by atoms with Gasteiger partial charge in [0, 0.05) is 19.0 Å². The second kappa shape index (κ2) is 5.56. The van der Waals surface area contributed by atoms with Crippen molar-refractivity contribution in [2.75, 3.05) is 13.2 Å². The molecule has 0 aromatic carbocycles. The molecular weight excluding hydrogens is 140 g/mol. The molecule has 0 aromatic heterocycles. The predicted octanol–water partition coefficient (Wildman–Crippen LogP) is 0.612. The molecule has 0 bridgehead atoms. The highest BCUT2D eigenvalue weighted by Gasteiger charge is 2.02. The Morgan fingerprint density at radius 2 is 2.10 bits per heavy atom. The lowest BCUT2D eigenvalue weighted by Gasteiger charge is -2.09. The van der Waals surface area contributed by atoms with Gasteiger partial charge in [-0.15, -0.1) is 0 Å². The van der Waals surface area contributed by atoms with E-state index < -0.39 is 6.43 Å². The summed E-state index contributed by atoms with van der Waals surface area (Å²) in [5.74, 6) is 0. The summed E-state index contributed by atoms with van der Waals surface area (Å²) in [5.41, 5.74) is 0. The average Bonchev–Trinajstić information content (AvgIpc) is 1.87. The maximum absolute atomic E-state index is 11.5. The second-order valence-electron chi connectivity index (χ2n) is 2.22. The monoisotopic (exact) mass is 153 g/mol. The molecule has 4 heteroatoms. The van der Waals surface area contributed by atoms with Gasteiger partial charge in [0.2, 0.25) is 6.43 Å². The number of hydrogen-bond donors (Lipinski definition) is 2. The van der Waals surface area contributed by atoms with Gasteiger partial charge in [-0.25, -0.2) is 8.78 Å². The fraction of sp³-hybridized carbons (Fsp3) is 1.00. The van der Waals surface area contributed by atoms with Crippen molar-refractivity contribution in [3.63, 3.8) is 0 Å². The summed E-state index contributed by atoms with van der Waals surface area (Å²) >= 11 is 0. The molecule has 0 aliphatic heterocycles. The minimum atomic E-state index is -2.25. The molecule has 1 atom stereocenters. The molecule has 2 nitrogen and oxygen atoms in total. The van der Waals surface area contributed by atoms with E-state index in [-0.39, 0.29) is 25.6 Å². The zero-order valence-electron chi connectivity index (χ0n) is 5.98. The molecule has 10 heavy (non-hydrogen) atoms. The Kier molecular flexibility index (Phi) is 5.43. The zero-order valence-corrected chi connectivity index (χ0v) is 5.98. The summed E-state index contributed by atoms with van der Waals surface area (Å²) in [6, 6.07) is -0.0845. The van der Waals surface area contributed by atoms with Crippen LogP contribution in [0.3, 0.4) is 0 Å². The molecule has 0 aliphatic carbocycles. The topological polar surface area (TPSA) is 32.3 Å². The van der Waals surface area contributed by atoms with Crippen LogP contribution < -0.4 is 5.32 Å². The zero-order chi connectivity index (χ0) is 7.98. The van der Waals surface area contributed by atoms with E-state index in [0.29, 0.717) is 0 Å². The van der Waals surface area contributed by atoms with Crippen LogP contribution >= 0.6 is 0 Å². The van der Waals surface area contributed by atoms with Crippen molar-refractivity contribution in [3.8, 4) is 0 Å². The van der Waals surface area contributed by atoms with Gasteiger partial charge in [0.1, 0.15) is 0 Å². The summed E-state index contributed by atoms with van der Waals surface area (Å²) in [6.07, 6.45) is -2.40. The van der Waals surface area contributed by atoms with Gasteiger partial charge in [0.25, 0.3) is 0 Å². The Morgan fingerprint density at radius 3 is 2.50 bits per heavy atom. The first-order valence-corrected chi connectivity index (χ1v) is 3.29. The minimum Gasteiger partial charge on any atom is -0.395 e. The summed E-state index contributed by atoms with van der Waals surface area (Å²) in [6.45, 7) is 1.99. The third kappa shape index (κ3) is 5.91. The number of aliphatic hydroxyl groups is 1. The molecule has 0 radical (unpaired) electrons. The summed E-state index contributed by atoms with van der Waals surface area (Å²) in [5, 5.41) is 11.2. The maximum atomic E-state index is 11.5. The standard InChI is InChI=1S/C6H13F2NO/c1-5(4-10)9-3-2-6(7)8/h5-6,9-10H,2-4H2,1H3. The fourth-order valence-electron chi connectivity index (χ4n) is 0.503. The van der Waals surface area contributed by atoms with Crippen LogP contribution in [0.1, 0.15) is 13.3 Å². The number of nitrogens with one attached hydrogen (secondary N) is 1. The number of hydrogen-bond acceptors (Lipinski definition) is 2. The van der Waals surface area contributed by atoms with Crippen LogP contribution in [0.25, 0.3) is 0 Å². The van der Waals surface area contributed by atoms with Crippen LogP contribution in [0.15, 0.2) is 0 Å². The van der Waals surface area contributed by atoms with Crippen molar-refractivity contribution in [1.82, 2.24) is 5.32 Å². The largest absolute Gasteiger partial charge is 0.395 e. The third-order valence-electron chi connectivity index (χ3n) is 1.13. The smallest absolute Gasteiger partial charge is 0.239 e. The second-order valence-corrected chi connectivity index (χ2v) is 2.22. The van der Waals surface area contributed by atoms with E-state index in [1.54, 1.807) is 6.92 Å². The van der Waals surface area contributed by atoms with Gasteiger partial charge >= 0.3 is 0 Å². The van der Waals surface area contributed by atoms with E-state index in [2.05, 4.69) is 5.32 Å². The van der Waals surface area contributed by atoms with Gasteiger partial charge in [-0.2, -0.15) is 0 Å². The molecule has 0 aliphatic rings. The van der Waals surface area contributed by atoms with Crippen LogP contribution in [-0.4, -0.2) is 30.7 Å². The molecule has 0 saturated heterocycles. The SMILES string of the molecule is CC(CO)NCCC(F)F. The van der Waals surface area contributed by atoms with E-state index in [0.717, 1.165) is 0 Å². The number of aliphatic hydroxyl groups excluding tert-OH is 1. The van der Waals surface area contributed by atoms with Crippen molar-refractivity contribution < 1.29 is 13.9 Å². The van der Waals surface area contributed by atoms with E-state index in [1.165, 1.54) is 0 Å². The van der Waals surface area contributed by atoms with Crippen molar-refractivity contribution in [3.05, 3.63) is 0 Å². The highest BCUT2D eigenvalue weighted by molar-refractivity contribution is 4.57. The Bertz CT molecular complexity index is 80.1. The summed E-state index contributed by atoms with van der Waals surface area (Å²) in [7, 11) is 0. The van der Waals surface area contributed by atoms with Crippen molar-refractivity contribution >= 4 is 0 Å².